The summed E-state index contributed by atoms with van der Waals surface area (Å²) in [7, 11) is 0. The molecule has 3 aromatic carbocycles. The summed E-state index contributed by atoms with van der Waals surface area (Å²) in [5.74, 6) is 0.811. The lowest BCUT2D eigenvalue weighted by atomic mass is 10.0. The van der Waals surface area contributed by atoms with Crippen LogP contribution in [0.15, 0.2) is 88.8 Å². The van der Waals surface area contributed by atoms with E-state index < -0.39 is 0 Å². The SMILES string of the molecule is CC(CCc1ccccc1)N(Cc1cc2ccccc2o1)C(=O)c1ccc2ncsc2c1. The van der Waals surface area contributed by atoms with Crippen LogP contribution < -0.4 is 0 Å². The van der Waals surface area contributed by atoms with Gasteiger partial charge in [-0.3, -0.25) is 4.79 Å². The van der Waals surface area contributed by atoms with Crippen LogP contribution in [0.25, 0.3) is 21.2 Å². The van der Waals surface area contributed by atoms with E-state index in [9.17, 15) is 4.79 Å². The Morgan fingerprint density at radius 1 is 1.03 bits per heavy atom. The Bertz CT molecular complexity index is 1320. The van der Waals surface area contributed by atoms with Crippen LogP contribution in [-0.2, 0) is 13.0 Å². The number of carbonyl (C=O) groups is 1. The summed E-state index contributed by atoms with van der Waals surface area (Å²) in [5.41, 5.74) is 5.55. The van der Waals surface area contributed by atoms with E-state index in [2.05, 4.69) is 36.2 Å². The van der Waals surface area contributed by atoms with Crippen molar-refractivity contribution >= 4 is 38.4 Å². The van der Waals surface area contributed by atoms with Crippen molar-refractivity contribution in [3.63, 3.8) is 0 Å². The highest BCUT2D eigenvalue weighted by Crippen LogP contribution is 2.25. The second-order valence-electron chi connectivity index (χ2n) is 8.09. The Kier molecular flexibility index (Phi) is 5.73. The molecule has 1 atom stereocenters. The van der Waals surface area contributed by atoms with E-state index in [1.54, 1.807) is 11.3 Å². The van der Waals surface area contributed by atoms with Crippen LogP contribution in [-0.4, -0.2) is 21.8 Å². The number of aryl methyl sites for hydroxylation is 1. The molecule has 0 bridgehead atoms. The molecule has 0 fully saturated rings. The number of rotatable bonds is 7. The summed E-state index contributed by atoms with van der Waals surface area (Å²) in [6.07, 6.45) is 1.79. The number of nitrogens with zero attached hydrogens (tertiary/aromatic N) is 2. The molecule has 0 radical (unpaired) electrons. The smallest absolute Gasteiger partial charge is 0.254 e. The third kappa shape index (κ3) is 4.30. The zero-order valence-corrected chi connectivity index (χ0v) is 18.7. The molecule has 0 aliphatic heterocycles. The summed E-state index contributed by atoms with van der Waals surface area (Å²) in [6.45, 7) is 2.55. The molecule has 1 unspecified atom stereocenters. The number of thiazole rings is 1. The van der Waals surface area contributed by atoms with E-state index in [1.807, 2.05) is 65.0 Å². The Hall–Kier alpha value is -3.44. The summed E-state index contributed by atoms with van der Waals surface area (Å²) >= 11 is 1.55. The van der Waals surface area contributed by atoms with Crippen LogP contribution in [0, 0.1) is 0 Å². The van der Waals surface area contributed by atoms with Crippen LogP contribution in [0.3, 0.4) is 0 Å². The van der Waals surface area contributed by atoms with Crippen molar-refractivity contribution in [2.75, 3.05) is 0 Å². The largest absolute Gasteiger partial charge is 0.459 e. The highest BCUT2D eigenvalue weighted by atomic mass is 32.1. The van der Waals surface area contributed by atoms with Crippen molar-refractivity contribution < 1.29 is 9.21 Å². The molecular formula is C27H24N2O2S. The fourth-order valence-electron chi connectivity index (χ4n) is 4.04. The lowest BCUT2D eigenvalue weighted by molar-refractivity contribution is 0.0653. The monoisotopic (exact) mass is 440 g/mol. The molecule has 0 saturated heterocycles. The summed E-state index contributed by atoms with van der Waals surface area (Å²) < 4.78 is 7.08. The van der Waals surface area contributed by atoms with Gasteiger partial charge in [0.2, 0.25) is 0 Å². The van der Waals surface area contributed by atoms with E-state index in [0.29, 0.717) is 12.1 Å². The number of benzene rings is 3. The average Bonchev–Trinajstić information content (AvgIpc) is 3.47. The third-order valence-corrected chi connectivity index (χ3v) is 6.66. The van der Waals surface area contributed by atoms with Gasteiger partial charge in [0, 0.05) is 17.0 Å². The molecular weight excluding hydrogens is 416 g/mol. The molecule has 0 saturated carbocycles. The summed E-state index contributed by atoms with van der Waals surface area (Å²) in [4.78, 5) is 19.9. The molecule has 5 rings (SSSR count). The fourth-order valence-corrected chi connectivity index (χ4v) is 4.76. The number of para-hydroxylation sites is 1. The molecule has 0 spiro atoms. The van der Waals surface area contributed by atoms with E-state index in [4.69, 9.17) is 4.42 Å². The summed E-state index contributed by atoms with van der Waals surface area (Å²) in [5, 5.41) is 1.05. The van der Waals surface area contributed by atoms with Crippen LogP contribution in [0.4, 0.5) is 0 Å². The normalized spacial score (nSPS) is 12.3. The van der Waals surface area contributed by atoms with Crippen molar-refractivity contribution in [1.82, 2.24) is 9.88 Å². The van der Waals surface area contributed by atoms with Crippen LogP contribution in [0.5, 0.6) is 0 Å². The molecule has 5 aromatic rings. The highest BCUT2D eigenvalue weighted by Gasteiger charge is 2.24. The van der Waals surface area contributed by atoms with Gasteiger partial charge in [-0.1, -0.05) is 48.5 Å². The van der Waals surface area contributed by atoms with Gasteiger partial charge in [0.05, 0.1) is 22.3 Å². The van der Waals surface area contributed by atoms with Gasteiger partial charge in [0.15, 0.2) is 0 Å². The minimum atomic E-state index is 0.0151. The van der Waals surface area contributed by atoms with Gasteiger partial charge in [0.1, 0.15) is 11.3 Å². The zero-order chi connectivity index (χ0) is 21.9. The standard InChI is InChI=1S/C27H24N2O2S/c1-19(11-12-20-7-3-2-4-8-20)29(17-23-15-21-9-5-6-10-25(21)31-23)27(30)22-13-14-24-26(16-22)32-18-28-24/h2-10,13-16,18-19H,11-12,17H2,1H3. The van der Waals surface area contributed by atoms with Crippen molar-refractivity contribution in [1.29, 1.82) is 0 Å². The number of aromatic nitrogens is 1. The molecule has 160 valence electrons. The molecule has 32 heavy (non-hydrogen) atoms. The number of fused-ring (bicyclic) bond motifs is 2. The van der Waals surface area contributed by atoms with Crippen LogP contribution >= 0.6 is 11.3 Å². The maximum absolute atomic E-state index is 13.7. The lowest BCUT2D eigenvalue weighted by Crippen LogP contribution is -2.38. The van der Waals surface area contributed by atoms with Gasteiger partial charge in [-0.2, -0.15) is 0 Å². The van der Waals surface area contributed by atoms with E-state index >= 15 is 0 Å². The first-order chi connectivity index (χ1) is 15.7. The van der Waals surface area contributed by atoms with Crippen molar-refractivity contribution in [3.05, 3.63) is 101 Å². The summed E-state index contributed by atoms with van der Waals surface area (Å²) in [6, 6.07) is 26.2. The Labute approximate surface area is 191 Å². The number of hydrogen-bond acceptors (Lipinski definition) is 4. The Morgan fingerprint density at radius 2 is 1.84 bits per heavy atom. The van der Waals surface area contributed by atoms with Gasteiger partial charge < -0.3 is 9.32 Å². The van der Waals surface area contributed by atoms with Gasteiger partial charge in [-0.15, -0.1) is 11.3 Å². The molecule has 0 aliphatic rings. The topological polar surface area (TPSA) is 46.3 Å². The van der Waals surface area contributed by atoms with Crippen molar-refractivity contribution in [3.8, 4) is 0 Å². The molecule has 1 amide bonds. The molecule has 5 heteroatoms. The number of hydrogen-bond donors (Lipinski definition) is 0. The molecule has 2 heterocycles. The van der Waals surface area contributed by atoms with E-state index in [1.165, 1.54) is 5.56 Å². The Morgan fingerprint density at radius 3 is 2.69 bits per heavy atom. The van der Waals surface area contributed by atoms with Crippen LogP contribution in [0.1, 0.15) is 35.0 Å². The second-order valence-corrected chi connectivity index (χ2v) is 8.98. The van der Waals surface area contributed by atoms with Gasteiger partial charge in [-0.25, -0.2) is 4.98 Å². The van der Waals surface area contributed by atoms with Gasteiger partial charge in [0.25, 0.3) is 5.91 Å². The van der Waals surface area contributed by atoms with Crippen molar-refractivity contribution in [2.24, 2.45) is 0 Å². The van der Waals surface area contributed by atoms with E-state index in [0.717, 1.165) is 39.8 Å². The quantitative estimate of drug-likeness (QED) is 0.283. The number of furan rings is 1. The lowest BCUT2D eigenvalue weighted by Gasteiger charge is -2.29. The molecule has 0 N–H and O–H groups in total. The minimum absolute atomic E-state index is 0.0151. The highest BCUT2D eigenvalue weighted by molar-refractivity contribution is 7.16. The first-order valence-corrected chi connectivity index (χ1v) is 11.7. The number of carbonyl (C=O) groups excluding carboxylic acids is 1. The maximum atomic E-state index is 13.7. The first kappa shape index (κ1) is 20.5. The first-order valence-electron chi connectivity index (χ1n) is 10.8. The maximum Gasteiger partial charge on any atom is 0.254 e. The van der Waals surface area contributed by atoms with Gasteiger partial charge >= 0.3 is 0 Å². The molecule has 4 nitrogen and oxygen atoms in total. The van der Waals surface area contributed by atoms with Crippen molar-refractivity contribution in [2.45, 2.75) is 32.4 Å². The van der Waals surface area contributed by atoms with E-state index in [-0.39, 0.29) is 11.9 Å². The second kappa shape index (κ2) is 8.97. The third-order valence-electron chi connectivity index (χ3n) is 5.87. The molecule has 0 aliphatic carbocycles. The zero-order valence-electron chi connectivity index (χ0n) is 17.9. The molecule has 2 aromatic heterocycles. The predicted molar refractivity (Wildman–Crippen MR) is 130 cm³/mol. The Balaban J connectivity index is 1.42. The van der Waals surface area contributed by atoms with Gasteiger partial charge in [-0.05, 0) is 55.7 Å². The predicted octanol–water partition coefficient (Wildman–Crippen LogP) is 6.71. The number of amides is 1. The fraction of sp³-hybridized carbons (Fsp3) is 0.185. The van der Waals surface area contributed by atoms with Crippen LogP contribution in [0.2, 0.25) is 0 Å². The average molecular weight is 441 g/mol. The minimum Gasteiger partial charge on any atom is -0.459 e.